The van der Waals surface area contributed by atoms with Crippen molar-refractivity contribution in [3.8, 4) is 5.75 Å². The predicted octanol–water partition coefficient (Wildman–Crippen LogP) is 4.71. The molecule has 3 aromatic rings. The number of amides is 2. The van der Waals surface area contributed by atoms with E-state index in [1.165, 1.54) is 0 Å². The van der Waals surface area contributed by atoms with Crippen molar-refractivity contribution in [3.63, 3.8) is 0 Å². The lowest BCUT2D eigenvalue weighted by atomic mass is 9.99. The maximum absolute atomic E-state index is 13.0. The molecule has 0 spiro atoms. The smallest absolute Gasteiger partial charge is 0.255 e. The summed E-state index contributed by atoms with van der Waals surface area (Å²) < 4.78 is 11.4. The Labute approximate surface area is 229 Å². The van der Waals surface area contributed by atoms with E-state index < -0.39 is 0 Å². The van der Waals surface area contributed by atoms with Gasteiger partial charge in [-0.15, -0.1) is 0 Å². The number of ether oxygens (including phenoxy) is 2. The number of hydrogen-bond acceptors (Lipinski definition) is 6. The van der Waals surface area contributed by atoms with Gasteiger partial charge in [-0.2, -0.15) is 0 Å². The molecule has 3 N–H and O–H groups in total. The van der Waals surface area contributed by atoms with Gasteiger partial charge in [0.25, 0.3) is 11.8 Å². The second kappa shape index (κ2) is 12.8. The van der Waals surface area contributed by atoms with Gasteiger partial charge in [0.05, 0.1) is 19.8 Å². The number of benzene rings is 3. The van der Waals surface area contributed by atoms with Crippen LogP contribution < -0.4 is 25.6 Å². The first kappa shape index (κ1) is 26.7. The van der Waals surface area contributed by atoms with Crippen LogP contribution in [0.25, 0.3) is 0 Å². The summed E-state index contributed by atoms with van der Waals surface area (Å²) in [6.45, 7) is 7.68. The molecule has 0 aromatic heterocycles. The van der Waals surface area contributed by atoms with Crippen LogP contribution in [0.15, 0.2) is 66.7 Å². The molecule has 0 radical (unpaired) electrons. The number of morpholine rings is 1. The Bertz CT molecular complexity index is 1280. The van der Waals surface area contributed by atoms with E-state index >= 15 is 0 Å². The quantitative estimate of drug-likeness (QED) is 0.392. The first-order chi connectivity index (χ1) is 19.0. The van der Waals surface area contributed by atoms with Crippen LogP contribution in [-0.4, -0.2) is 57.8 Å². The molecule has 8 heteroatoms. The maximum Gasteiger partial charge on any atom is 0.255 e. The Balaban J connectivity index is 1.19. The number of nitrogens with zero attached hydrogens (tertiary/aromatic N) is 1. The average molecular weight is 529 g/mol. The lowest BCUT2D eigenvalue weighted by Crippen LogP contribution is -2.36. The molecular formula is C31H36N4O4. The first-order valence-corrected chi connectivity index (χ1v) is 13.6. The summed E-state index contributed by atoms with van der Waals surface area (Å²) in [5.41, 5.74) is 4.28. The van der Waals surface area contributed by atoms with E-state index in [1.54, 1.807) is 24.3 Å². The highest BCUT2D eigenvalue weighted by Gasteiger charge is 2.16. The van der Waals surface area contributed by atoms with Crippen molar-refractivity contribution in [2.45, 2.75) is 19.8 Å². The Morgan fingerprint density at radius 2 is 1.67 bits per heavy atom. The number of piperidine rings is 1. The van der Waals surface area contributed by atoms with E-state index in [2.05, 4.69) is 20.9 Å². The Hall–Kier alpha value is -3.88. The summed E-state index contributed by atoms with van der Waals surface area (Å²) in [5, 5.41) is 9.31. The Morgan fingerprint density at radius 1 is 0.923 bits per heavy atom. The molecule has 2 saturated heterocycles. The standard InChI is InChI=1S/C31H36N4O4/c1-22-5-8-26(33-31(37)25-3-2-4-27(19-25)35-15-17-38-18-16-35)20-29(22)34-30(36)24-6-9-28(10-7-24)39-21-23-11-13-32-14-12-23/h2-10,19-20,23,32H,11-18,21H2,1H3,(H,33,37)(H,34,36). The predicted molar refractivity (Wildman–Crippen MR) is 154 cm³/mol. The molecule has 0 atom stereocenters. The van der Waals surface area contributed by atoms with Gasteiger partial charge in [0.15, 0.2) is 0 Å². The summed E-state index contributed by atoms with van der Waals surface area (Å²) in [5.74, 6) is 0.915. The zero-order valence-electron chi connectivity index (χ0n) is 22.4. The van der Waals surface area contributed by atoms with Gasteiger partial charge in [0, 0.05) is 41.3 Å². The van der Waals surface area contributed by atoms with Crippen LogP contribution in [0.1, 0.15) is 39.1 Å². The number of nitrogens with one attached hydrogen (secondary N) is 3. The number of rotatable bonds is 8. The van der Waals surface area contributed by atoms with E-state index in [9.17, 15) is 9.59 Å². The largest absolute Gasteiger partial charge is 0.493 e. The number of carbonyl (C=O) groups is 2. The molecular weight excluding hydrogens is 492 g/mol. The van der Waals surface area contributed by atoms with Crippen LogP contribution in [0.5, 0.6) is 5.75 Å². The molecule has 3 aromatic carbocycles. The average Bonchev–Trinajstić information content (AvgIpc) is 2.99. The molecule has 8 nitrogen and oxygen atoms in total. The fourth-order valence-corrected chi connectivity index (χ4v) is 4.86. The number of aryl methyl sites for hydroxylation is 1. The third-order valence-electron chi connectivity index (χ3n) is 7.29. The highest BCUT2D eigenvalue weighted by atomic mass is 16.5. The van der Waals surface area contributed by atoms with Gasteiger partial charge in [0.2, 0.25) is 0 Å². The van der Waals surface area contributed by atoms with E-state index in [0.29, 0.717) is 48.2 Å². The molecule has 0 saturated carbocycles. The number of anilines is 3. The maximum atomic E-state index is 13.0. The highest BCUT2D eigenvalue weighted by Crippen LogP contribution is 2.24. The Kier molecular flexibility index (Phi) is 8.75. The van der Waals surface area contributed by atoms with Crippen LogP contribution in [0, 0.1) is 12.8 Å². The SMILES string of the molecule is Cc1ccc(NC(=O)c2cccc(N3CCOCC3)c2)cc1NC(=O)c1ccc(OCC2CCNCC2)cc1. The second-order valence-electron chi connectivity index (χ2n) is 10.1. The van der Waals surface area contributed by atoms with Gasteiger partial charge in [-0.3, -0.25) is 9.59 Å². The molecule has 204 valence electrons. The topological polar surface area (TPSA) is 91.9 Å². The van der Waals surface area contributed by atoms with Crippen molar-refractivity contribution in [3.05, 3.63) is 83.4 Å². The molecule has 2 amide bonds. The highest BCUT2D eigenvalue weighted by molar-refractivity contribution is 6.07. The molecule has 39 heavy (non-hydrogen) atoms. The summed E-state index contributed by atoms with van der Waals surface area (Å²) in [6, 6.07) is 20.3. The van der Waals surface area contributed by atoms with Gasteiger partial charge >= 0.3 is 0 Å². The Morgan fingerprint density at radius 3 is 2.44 bits per heavy atom. The van der Waals surface area contributed by atoms with Crippen molar-refractivity contribution in [1.29, 1.82) is 0 Å². The van der Waals surface area contributed by atoms with Gasteiger partial charge in [0.1, 0.15) is 5.75 Å². The van der Waals surface area contributed by atoms with E-state index in [-0.39, 0.29) is 11.8 Å². The van der Waals surface area contributed by atoms with Crippen molar-refractivity contribution in [2.75, 3.05) is 61.5 Å². The van der Waals surface area contributed by atoms with Crippen molar-refractivity contribution < 1.29 is 19.1 Å². The lowest BCUT2D eigenvalue weighted by molar-refractivity contribution is 0.101. The van der Waals surface area contributed by atoms with Gasteiger partial charge in [-0.05, 0) is 98.9 Å². The molecule has 5 rings (SSSR count). The molecule has 2 aliphatic heterocycles. The molecule has 2 heterocycles. The second-order valence-corrected chi connectivity index (χ2v) is 10.1. The van der Waals surface area contributed by atoms with Crippen molar-refractivity contribution >= 4 is 28.9 Å². The van der Waals surface area contributed by atoms with Crippen LogP contribution in [0.4, 0.5) is 17.1 Å². The van der Waals surface area contributed by atoms with Crippen LogP contribution in [0.2, 0.25) is 0 Å². The van der Waals surface area contributed by atoms with Gasteiger partial charge in [-0.1, -0.05) is 12.1 Å². The summed E-state index contributed by atoms with van der Waals surface area (Å²) in [4.78, 5) is 28.2. The monoisotopic (exact) mass is 528 g/mol. The van der Waals surface area contributed by atoms with E-state index in [1.807, 2.05) is 49.4 Å². The number of hydrogen-bond donors (Lipinski definition) is 3. The zero-order chi connectivity index (χ0) is 27.0. The summed E-state index contributed by atoms with van der Waals surface area (Å²) in [6.07, 6.45) is 2.25. The third kappa shape index (κ3) is 7.16. The minimum atomic E-state index is -0.218. The van der Waals surface area contributed by atoms with Gasteiger partial charge in [-0.25, -0.2) is 0 Å². The van der Waals surface area contributed by atoms with Crippen molar-refractivity contribution in [1.82, 2.24) is 5.32 Å². The minimum Gasteiger partial charge on any atom is -0.493 e. The molecule has 0 bridgehead atoms. The molecule has 2 fully saturated rings. The zero-order valence-corrected chi connectivity index (χ0v) is 22.4. The van der Waals surface area contributed by atoms with Crippen molar-refractivity contribution in [2.24, 2.45) is 5.92 Å². The lowest BCUT2D eigenvalue weighted by Gasteiger charge is -2.29. The van der Waals surface area contributed by atoms with Crippen LogP contribution in [0.3, 0.4) is 0 Å². The van der Waals surface area contributed by atoms with Gasteiger partial charge < -0.3 is 30.3 Å². The summed E-state index contributed by atoms with van der Waals surface area (Å²) >= 11 is 0. The van der Waals surface area contributed by atoms with Crippen LogP contribution >= 0.6 is 0 Å². The molecule has 0 unspecified atom stereocenters. The van der Waals surface area contributed by atoms with Crippen LogP contribution in [-0.2, 0) is 4.74 Å². The third-order valence-corrected chi connectivity index (χ3v) is 7.29. The normalized spacial score (nSPS) is 16.0. The minimum absolute atomic E-state index is 0.202. The fraction of sp³-hybridized carbons (Fsp3) is 0.355. The van der Waals surface area contributed by atoms with E-state index in [4.69, 9.17) is 9.47 Å². The molecule has 2 aliphatic rings. The number of carbonyl (C=O) groups excluding carboxylic acids is 2. The fourth-order valence-electron chi connectivity index (χ4n) is 4.86. The first-order valence-electron chi connectivity index (χ1n) is 13.6. The summed E-state index contributed by atoms with van der Waals surface area (Å²) in [7, 11) is 0. The van der Waals surface area contributed by atoms with E-state index in [0.717, 1.165) is 56.0 Å². The molecule has 0 aliphatic carbocycles.